The molecule has 1 N–H and O–H groups in total. The van der Waals surface area contributed by atoms with Crippen LogP contribution in [0.3, 0.4) is 0 Å². The molecule has 0 bridgehead atoms. The number of rotatable bonds is 6. The van der Waals surface area contributed by atoms with Crippen LogP contribution in [-0.4, -0.2) is 81.0 Å². The lowest BCUT2D eigenvalue weighted by Crippen LogP contribution is -3.00. The van der Waals surface area contributed by atoms with E-state index < -0.39 is 6.34 Å². The SMILES string of the molecule is C[NH+](C)/C=C/c1nc(-c2ccccc2)c(P(=S)(N2CCOCC2)N2CCOCC2)s1. The Bertz CT molecular complexity index is 885. The number of aromatic nitrogens is 1. The Morgan fingerprint density at radius 1 is 1.00 bits per heavy atom. The molecule has 0 atom stereocenters. The summed E-state index contributed by atoms with van der Waals surface area (Å²) in [4.78, 5) is 6.33. The largest absolute Gasteiger partial charge is 0.379 e. The topological polar surface area (TPSA) is 42.3 Å². The first-order valence-electron chi connectivity index (χ1n) is 10.4. The van der Waals surface area contributed by atoms with Crippen LogP contribution in [0.4, 0.5) is 0 Å². The molecule has 0 radical (unpaired) electrons. The van der Waals surface area contributed by atoms with Crippen molar-refractivity contribution in [3.63, 3.8) is 0 Å². The fraction of sp³-hybridized carbons (Fsp3) is 0.476. The Hall–Kier alpha value is -0.960. The smallest absolute Gasteiger partial charge is 0.122 e. The Kier molecular flexibility index (Phi) is 7.49. The van der Waals surface area contributed by atoms with Crippen molar-refractivity contribution in [1.82, 2.24) is 14.3 Å². The van der Waals surface area contributed by atoms with Gasteiger partial charge in [-0.25, -0.2) is 4.98 Å². The van der Waals surface area contributed by atoms with E-state index in [9.17, 15) is 0 Å². The van der Waals surface area contributed by atoms with Gasteiger partial charge in [0.1, 0.15) is 11.3 Å². The molecule has 2 aromatic rings. The zero-order chi connectivity index (χ0) is 21.0. The van der Waals surface area contributed by atoms with E-state index in [1.807, 2.05) is 6.07 Å². The van der Waals surface area contributed by atoms with Crippen LogP contribution in [0.15, 0.2) is 36.5 Å². The van der Waals surface area contributed by atoms with E-state index in [0.29, 0.717) is 0 Å². The highest BCUT2D eigenvalue weighted by atomic mass is 32.4. The minimum Gasteiger partial charge on any atom is -0.379 e. The molecule has 2 saturated heterocycles. The molecule has 1 aromatic carbocycles. The van der Waals surface area contributed by atoms with Gasteiger partial charge in [0.15, 0.2) is 0 Å². The third-order valence-electron chi connectivity index (χ3n) is 5.24. The van der Waals surface area contributed by atoms with Crippen molar-refractivity contribution in [2.75, 3.05) is 66.7 Å². The molecular weight excluding hydrogens is 435 g/mol. The Balaban J connectivity index is 1.85. The average molecular weight is 466 g/mol. The molecule has 2 aliphatic rings. The molecule has 2 aliphatic heterocycles. The van der Waals surface area contributed by atoms with Gasteiger partial charge in [-0.3, -0.25) is 9.34 Å². The first kappa shape index (κ1) is 22.2. The number of hydrogen-bond acceptors (Lipinski definition) is 5. The highest BCUT2D eigenvalue weighted by molar-refractivity contribution is 8.17. The molecule has 30 heavy (non-hydrogen) atoms. The van der Waals surface area contributed by atoms with E-state index in [2.05, 4.69) is 60.0 Å². The summed E-state index contributed by atoms with van der Waals surface area (Å²) >= 11 is 8.40. The lowest BCUT2D eigenvalue weighted by molar-refractivity contribution is -0.800. The van der Waals surface area contributed by atoms with Gasteiger partial charge in [0.25, 0.3) is 0 Å². The number of nitrogens with one attached hydrogen (secondary N) is 1. The van der Waals surface area contributed by atoms with Crippen molar-refractivity contribution in [2.45, 2.75) is 0 Å². The summed E-state index contributed by atoms with van der Waals surface area (Å²) in [5.41, 5.74) is 2.17. The first-order chi connectivity index (χ1) is 14.6. The maximum atomic E-state index is 6.64. The van der Waals surface area contributed by atoms with E-state index in [1.165, 1.54) is 9.52 Å². The predicted octanol–water partition coefficient (Wildman–Crippen LogP) is 1.52. The zero-order valence-corrected chi connectivity index (χ0v) is 20.1. The van der Waals surface area contributed by atoms with E-state index >= 15 is 0 Å². The number of hydrogen-bond donors (Lipinski definition) is 1. The fourth-order valence-electron chi connectivity index (χ4n) is 3.70. The molecule has 3 heterocycles. The van der Waals surface area contributed by atoms with E-state index in [4.69, 9.17) is 26.3 Å². The van der Waals surface area contributed by atoms with E-state index in [1.54, 1.807) is 11.3 Å². The normalized spacial score (nSPS) is 19.7. The Morgan fingerprint density at radius 2 is 1.57 bits per heavy atom. The maximum absolute atomic E-state index is 6.64. The van der Waals surface area contributed by atoms with Gasteiger partial charge in [-0.05, 0) is 0 Å². The molecule has 0 amide bonds. The van der Waals surface area contributed by atoms with Crippen molar-refractivity contribution >= 4 is 40.2 Å². The van der Waals surface area contributed by atoms with Crippen LogP contribution in [0.2, 0.25) is 0 Å². The maximum Gasteiger partial charge on any atom is 0.122 e. The van der Waals surface area contributed by atoms with Crippen LogP contribution in [0.25, 0.3) is 17.3 Å². The lowest BCUT2D eigenvalue weighted by Gasteiger charge is -2.45. The Morgan fingerprint density at radius 3 is 2.10 bits per heavy atom. The van der Waals surface area contributed by atoms with Crippen LogP contribution in [0.1, 0.15) is 5.01 Å². The molecule has 0 saturated carbocycles. The second kappa shape index (κ2) is 10.1. The van der Waals surface area contributed by atoms with Crippen LogP contribution >= 0.6 is 17.7 Å². The van der Waals surface area contributed by atoms with Crippen molar-refractivity contribution in [1.29, 1.82) is 0 Å². The lowest BCUT2D eigenvalue weighted by atomic mass is 10.2. The molecule has 0 unspecified atom stereocenters. The second-order valence-corrected chi connectivity index (χ2v) is 13.2. The number of ether oxygens (including phenoxy) is 2. The monoisotopic (exact) mass is 465 g/mol. The van der Waals surface area contributed by atoms with Crippen molar-refractivity contribution < 1.29 is 14.4 Å². The molecular formula is C21H30N4O2PS2+. The summed E-state index contributed by atoms with van der Waals surface area (Å²) in [6.07, 6.45) is 2.05. The molecule has 162 valence electrons. The van der Waals surface area contributed by atoms with Crippen molar-refractivity contribution in [3.8, 4) is 11.3 Å². The van der Waals surface area contributed by atoms with Gasteiger partial charge < -0.3 is 14.4 Å². The molecule has 0 aliphatic carbocycles. The standard InChI is InChI=1S/C21H29N4O2PS2/c1-23(2)9-8-19-22-20(18-6-4-3-5-7-18)21(30-19)28(29,24-10-14-26-15-11-24)25-12-16-27-17-13-25/h3-9H,10-17H2,1-2H3/p+1/b9-8+. The van der Waals surface area contributed by atoms with Crippen LogP contribution in [0, 0.1) is 0 Å². The summed E-state index contributed by atoms with van der Waals surface area (Å²) in [5.74, 6) is 0. The number of nitrogens with zero attached hydrogens (tertiary/aromatic N) is 3. The zero-order valence-electron chi connectivity index (χ0n) is 17.6. The third kappa shape index (κ3) is 4.76. The predicted molar refractivity (Wildman–Crippen MR) is 128 cm³/mol. The summed E-state index contributed by atoms with van der Waals surface area (Å²) in [6.45, 7) is 6.42. The van der Waals surface area contributed by atoms with Gasteiger partial charge in [0, 0.05) is 37.8 Å². The highest BCUT2D eigenvalue weighted by Crippen LogP contribution is 2.56. The van der Waals surface area contributed by atoms with Crippen LogP contribution < -0.4 is 9.52 Å². The van der Waals surface area contributed by atoms with Gasteiger partial charge in [0.2, 0.25) is 0 Å². The van der Waals surface area contributed by atoms with Gasteiger partial charge in [-0.2, -0.15) is 0 Å². The molecule has 9 heteroatoms. The van der Waals surface area contributed by atoms with Crippen LogP contribution in [-0.2, 0) is 21.3 Å². The second-order valence-electron chi connectivity index (χ2n) is 7.66. The third-order valence-corrected chi connectivity index (χ3v) is 12.5. The minimum atomic E-state index is -2.20. The summed E-state index contributed by atoms with van der Waals surface area (Å²) in [7, 11) is 4.21. The first-order valence-corrected chi connectivity index (χ1v) is 13.9. The van der Waals surface area contributed by atoms with Crippen LogP contribution in [0.5, 0.6) is 0 Å². The van der Waals surface area contributed by atoms with Gasteiger partial charge in [-0.15, -0.1) is 11.3 Å². The van der Waals surface area contributed by atoms with Gasteiger partial charge in [-0.1, -0.05) is 42.1 Å². The van der Waals surface area contributed by atoms with Crippen molar-refractivity contribution in [2.24, 2.45) is 0 Å². The number of quaternary nitrogens is 1. The molecule has 2 fully saturated rings. The quantitative estimate of drug-likeness (QED) is 0.653. The summed E-state index contributed by atoms with van der Waals surface area (Å²) < 4.78 is 17.6. The Labute approximate surface area is 188 Å². The minimum absolute atomic E-state index is 0.735. The summed E-state index contributed by atoms with van der Waals surface area (Å²) in [6, 6.07) is 10.5. The molecule has 4 rings (SSSR count). The highest BCUT2D eigenvalue weighted by Gasteiger charge is 2.39. The number of thiazole rings is 1. The number of benzene rings is 1. The van der Waals surface area contributed by atoms with Gasteiger partial charge in [0.05, 0.1) is 57.0 Å². The molecule has 1 aromatic heterocycles. The average Bonchev–Trinajstić information content (AvgIpc) is 3.24. The molecule has 0 spiro atoms. The number of morpholine rings is 2. The van der Waals surface area contributed by atoms with Crippen molar-refractivity contribution in [3.05, 3.63) is 41.5 Å². The summed E-state index contributed by atoms with van der Waals surface area (Å²) in [5, 5.41) is 1.01. The molecule has 6 nitrogen and oxygen atoms in total. The van der Waals surface area contributed by atoms with E-state index in [0.717, 1.165) is 68.9 Å². The van der Waals surface area contributed by atoms with E-state index in [-0.39, 0.29) is 0 Å². The van der Waals surface area contributed by atoms with Gasteiger partial charge >= 0.3 is 0 Å². The fourth-order valence-corrected chi connectivity index (χ4v) is 10.2.